The molecule has 0 aliphatic carbocycles. The first-order valence-corrected chi connectivity index (χ1v) is 7.94. The Morgan fingerprint density at radius 1 is 0.667 bits per heavy atom. The molecule has 2 aliphatic rings. The maximum atomic E-state index is 10.2. The molecule has 10 atom stereocenters. The van der Waals surface area contributed by atoms with Gasteiger partial charge in [-0.3, -0.25) is 0 Å². The monoisotopic (exact) mass is 352 g/mol. The molecule has 0 aromatic rings. The third-order valence-electron chi connectivity index (χ3n) is 4.64. The van der Waals surface area contributed by atoms with E-state index in [4.69, 9.17) is 28.4 Å². The maximum Gasteiger partial charge on any atom is 0.187 e. The molecule has 2 saturated heterocycles. The fourth-order valence-electron chi connectivity index (χ4n) is 3.19. The zero-order valence-electron chi connectivity index (χ0n) is 14.6. The number of aliphatic hydroxyl groups is 3. The molecule has 2 rings (SSSR count). The molecule has 0 radical (unpaired) electrons. The van der Waals surface area contributed by atoms with Crippen LogP contribution in [0.5, 0.6) is 0 Å². The van der Waals surface area contributed by atoms with Gasteiger partial charge in [-0.1, -0.05) is 0 Å². The van der Waals surface area contributed by atoms with E-state index < -0.39 is 61.4 Å². The number of rotatable bonds is 5. The van der Waals surface area contributed by atoms with E-state index in [0.29, 0.717) is 0 Å². The SMILES string of the molecule is CO[C@@H]1[C@@H](O)[C@H](C)O[C@@H](O[C@H]2C(O)O[C@@H](C)[C@H](O)[C@H]2OC)[C@@H]1OC. The van der Waals surface area contributed by atoms with Crippen LogP contribution in [0.2, 0.25) is 0 Å². The summed E-state index contributed by atoms with van der Waals surface area (Å²) >= 11 is 0. The summed E-state index contributed by atoms with van der Waals surface area (Å²) in [6.07, 6.45) is -8.52. The molecular formula is C15H28O9. The third kappa shape index (κ3) is 3.74. The van der Waals surface area contributed by atoms with Gasteiger partial charge in [0.2, 0.25) is 0 Å². The van der Waals surface area contributed by atoms with Gasteiger partial charge >= 0.3 is 0 Å². The van der Waals surface area contributed by atoms with Crippen molar-refractivity contribution in [3.8, 4) is 0 Å². The van der Waals surface area contributed by atoms with Crippen LogP contribution in [0.15, 0.2) is 0 Å². The Labute approximate surface area is 141 Å². The van der Waals surface area contributed by atoms with Gasteiger partial charge in [0.15, 0.2) is 12.6 Å². The van der Waals surface area contributed by atoms with Crippen LogP contribution in [0.1, 0.15) is 13.8 Å². The van der Waals surface area contributed by atoms with Gasteiger partial charge in [-0.05, 0) is 13.8 Å². The molecule has 2 aliphatic heterocycles. The molecule has 24 heavy (non-hydrogen) atoms. The topological polar surface area (TPSA) is 116 Å². The Morgan fingerprint density at radius 3 is 1.62 bits per heavy atom. The van der Waals surface area contributed by atoms with Crippen molar-refractivity contribution in [1.29, 1.82) is 0 Å². The lowest BCUT2D eigenvalue weighted by atomic mass is 9.97. The van der Waals surface area contributed by atoms with Crippen molar-refractivity contribution >= 4 is 0 Å². The Kier molecular flexibility index (Phi) is 6.94. The van der Waals surface area contributed by atoms with Crippen LogP contribution in [-0.2, 0) is 28.4 Å². The summed E-state index contributed by atoms with van der Waals surface area (Å²) in [4.78, 5) is 0. The second-order valence-electron chi connectivity index (χ2n) is 6.12. The summed E-state index contributed by atoms with van der Waals surface area (Å²) in [5, 5.41) is 30.5. The van der Waals surface area contributed by atoms with E-state index >= 15 is 0 Å². The summed E-state index contributed by atoms with van der Waals surface area (Å²) in [7, 11) is 4.31. The zero-order valence-corrected chi connectivity index (χ0v) is 14.6. The van der Waals surface area contributed by atoms with Gasteiger partial charge in [0.1, 0.15) is 36.6 Å². The standard InChI is InChI=1S/C15H28O9/c1-6-8(16)10(19-3)12(14(18)22-6)24-15-13(21-5)11(20-4)9(17)7(2)23-15/h6-18H,1-5H3/t6-,7-,8-,9-,10+,11+,12+,13+,14?,15-/m0/s1. The number of hydrogen-bond donors (Lipinski definition) is 3. The molecule has 1 unspecified atom stereocenters. The van der Waals surface area contributed by atoms with Gasteiger partial charge in [0.05, 0.1) is 12.2 Å². The number of aliphatic hydroxyl groups excluding tert-OH is 3. The highest BCUT2D eigenvalue weighted by atomic mass is 16.7. The maximum absolute atomic E-state index is 10.2. The van der Waals surface area contributed by atoms with E-state index in [1.54, 1.807) is 13.8 Å². The molecule has 0 bridgehead atoms. The minimum atomic E-state index is -1.31. The largest absolute Gasteiger partial charge is 0.388 e. The second-order valence-corrected chi connectivity index (χ2v) is 6.12. The molecule has 142 valence electrons. The van der Waals surface area contributed by atoms with Gasteiger partial charge < -0.3 is 43.7 Å². The Bertz CT molecular complexity index is 395. The highest BCUT2D eigenvalue weighted by molar-refractivity contribution is 4.93. The molecular weight excluding hydrogens is 324 g/mol. The Hall–Kier alpha value is -0.360. The first kappa shape index (κ1) is 20.0. The highest BCUT2D eigenvalue weighted by Crippen LogP contribution is 2.31. The van der Waals surface area contributed by atoms with Crippen molar-refractivity contribution in [3.63, 3.8) is 0 Å². The van der Waals surface area contributed by atoms with E-state index in [1.807, 2.05) is 0 Å². The second kappa shape index (κ2) is 8.35. The molecule has 9 nitrogen and oxygen atoms in total. The molecule has 0 aromatic heterocycles. The van der Waals surface area contributed by atoms with Gasteiger partial charge in [0.25, 0.3) is 0 Å². The van der Waals surface area contributed by atoms with Crippen LogP contribution < -0.4 is 0 Å². The molecule has 0 spiro atoms. The quantitative estimate of drug-likeness (QED) is 0.550. The molecule has 3 N–H and O–H groups in total. The molecule has 9 heteroatoms. The van der Waals surface area contributed by atoms with Crippen molar-refractivity contribution in [1.82, 2.24) is 0 Å². The molecule has 0 aromatic carbocycles. The van der Waals surface area contributed by atoms with E-state index in [0.717, 1.165) is 0 Å². The first-order valence-electron chi connectivity index (χ1n) is 7.94. The van der Waals surface area contributed by atoms with E-state index in [2.05, 4.69) is 0 Å². The smallest absolute Gasteiger partial charge is 0.187 e. The van der Waals surface area contributed by atoms with Crippen LogP contribution in [0, 0.1) is 0 Å². The number of ether oxygens (including phenoxy) is 6. The van der Waals surface area contributed by atoms with E-state index in [9.17, 15) is 15.3 Å². The van der Waals surface area contributed by atoms with Crippen molar-refractivity contribution in [2.75, 3.05) is 21.3 Å². The predicted molar refractivity (Wildman–Crippen MR) is 80.2 cm³/mol. The van der Waals surface area contributed by atoms with Crippen molar-refractivity contribution in [2.24, 2.45) is 0 Å². The van der Waals surface area contributed by atoms with Gasteiger partial charge in [-0.2, -0.15) is 0 Å². The summed E-state index contributed by atoms with van der Waals surface area (Å²) in [6, 6.07) is 0. The average Bonchev–Trinajstić information content (AvgIpc) is 2.55. The third-order valence-corrected chi connectivity index (χ3v) is 4.64. The fraction of sp³-hybridized carbons (Fsp3) is 1.00. The first-order chi connectivity index (χ1) is 11.3. The van der Waals surface area contributed by atoms with Crippen LogP contribution in [0.3, 0.4) is 0 Å². The lowest BCUT2D eigenvalue weighted by Gasteiger charge is -2.46. The van der Waals surface area contributed by atoms with Crippen LogP contribution in [0.4, 0.5) is 0 Å². The number of methoxy groups -OCH3 is 3. The lowest BCUT2D eigenvalue weighted by molar-refractivity contribution is -0.361. The van der Waals surface area contributed by atoms with Gasteiger partial charge in [-0.15, -0.1) is 0 Å². The summed E-state index contributed by atoms with van der Waals surface area (Å²) in [6.45, 7) is 3.31. The van der Waals surface area contributed by atoms with Crippen LogP contribution >= 0.6 is 0 Å². The molecule has 2 fully saturated rings. The van der Waals surface area contributed by atoms with Crippen LogP contribution in [-0.4, -0.2) is 98.1 Å². The zero-order chi connectivity index (χ0) is 18.0. The van der Waals surface area contributed by atoms with E-state index in [1.165, 1.54) is 21.3 Å². The van der Waals surface area contributed by atoms with Gasteiger partial charge in [-0.25, -0.2) is 0 Å². The highest BCUT2D eigenvalue weighted by Gasteiger charge is 2.50. The van der Waals surface area contributed by atoms with E-state index in [-0.39, 0.29) is 0 Å². The number of hydrogen-bond acceptors (Lipinski definition) is 9. The molecule has 2 heterocycles. The molecule has 0 saturated carbocycles. The minimum Gasteiger partial charge on any atom is -0.388 e. The molecule has 0 amide bonds. The minimum absolute atomic E-state index is 0.571. The van der Waals surface area contributed by atoms with Crippen LogP contribution in [0.25, 0.3) is 0 Å². The van der Waals surface area contributed by atoms with Crippen molar-refractivity contribution in [2.45, 2.75) is 75.3 Å². The fourth-order valence-corrected chi connectivity index (χ4v) is 3.19. The summed E-state index contributed by atoms with van der Waals surface area (Å²) in [5.41, 5.74) is 0. The Morgan fingerprint density at radius 2 is 1.12 bits per heavy atom. The lowest BCUT2D eigenvalue weighted by Crippen LogP contribution is -2.63. The van der Waals surface area contributed by atoms with Gasteiger partial charge in [0, 0.05) is 21.3 Å². The Balaban J connectivity index is 2.17. The summed E-state index contributed by atoms with van der Waals surface area (Å²) < 4.78 is 32.7. The normalized spacial score (nSPS) is 50.0. The predicted octanol–water partition coefficient (Wildman–Crippen LogP) is -1.38. The average molecular weight is 352 g/mol. The van der Waals surface area contributed by atoms with Crippen molar-refractivity contribution in [3.05, 3.63) is 0 Å². The van der Waals surface area contributed by atoms with Crippen molar-refractivity contribution < 1.29 is 43.7 Å². The summed E-state index contributed by atoms with van der Waals surface area (Å²) in [5.74, 6) is 0.